The summed E-state index contributed by atoms with van der Waals surface area (Å²) in [7, 11) is 0. The summed E-state index contributed by atoms with van der Waals surface area (Å²) in [5, 5.41) is 2.38. The van der Waals surface area contributed by atoms with Crippen LogP contribution in [-0.4, -0.2) is 16.7 Å². The van der Waals surface area contributed by atoms with Gasteiger partial charge in [-0.2, -0.15) is 0 Å². The molecule has 2 heterocycles. The van der Waals surface area contributed by atoms with Crippen molar-refractivity contribution < 1.29 is 0 Å². The number of aromatic nitrogens is 1. The second kappa shape index (κ2) is 2.34. The molecule has 0 bridgehead atoms. The van der Waals surface area contributed by atoms with Gasteiger partial charge in [0.2, 0.25) is 0 Å². The van der Waals surface area contributed by atoms with Crippen LogP contribution in [0.5, 0.6) is 0 Å². The zero-order valence-electron chi connectivity index (χ0n) is 7.33. The van der Waals surface area contributed by atoms with Gasteiger partial charge in [-0.1, -0.05) is 0 Å². The fourth-order valence-corrected chi connectivity index (χ4v) is 1.39. The van der Waals surface area contributed by atoms with Crippen LogP contribution in [0, 0.1) is 0 Å². The van der Waals surface area contributed by atoms with Gasteiger partial charge in [-0.15, -0.1) is 0 Å². The van der Waals surface area contributed by atoms with Gasteiger partial charge in [-0.3, -0.25) is 4.99 Å². The average Bonchev–Trinajstić information content (AvgIpc) is 2.31. The maximum absolute atomic E-state index is 4.39. The number of fused-ring (bicyclic) bond motifs is 1. The van der Waals surface area contributed by atoms with E-state index in [0.717, 1.165) is 5.35 Å². The third-order valence-corrected chi connectivity index (χ3v) is 1.97. The first-order valence-corrected chi connectivity index (χ1v) is 4.09. The van der Waals surface area contributed by atoms with E-state index in [9.17, 15) is 0 Å². The van der Waals surface area contributed by atoms with E-state index in [0.29, 0.717) is 0 Å². The second-order valence-corrected chi connectivity index (χ2v) is 3.59. The number of aromatic amines is 1. The lowest BCUT2D eigenvalue weighted by molar-refractivity contribution is 0.701. The van der Waals surface area contributed by atoms with Crippen molar-refractivity contribution in [2.75, 3.05) is 0 Å². The molecule has 0 aromatic carbocycles. The molecule has 1 N–H and O–H groups in total. The summed E-state index contributed by atoms with van der Waals surface area (Å²) in [5.41, 5.74) is -0.0794. The van der Waals surface area contributed by atoms with Crippen molar-refractivity contribution in [3.63, 3.8) is 0 Å². The highest BCUT2D eigenvalue weighted by molar-refractivity contribution is 5.91. The zero-order valence-corrected chi connectivity index (χ0v) is 7.33. The molecule has 2 rings (SSSR count). The number of aliphatic imine (C=N–C) groups is 1. The Bertz CT molecular complexity index is 421. The number of nitrogens with one attached hydrogen (secondary N) is 1. The van der Waals surface area contributed by atoms with E-state index in [1.807, 2.05) is 18.5 Å². The Morgan fingerprint density at radius 3 is 3.08 bits per heavy atom. The standard InChI is InChI=1S/C10H12N2/c1-10(2)7-8-3-5-11-9(8)4-6-12-10/h3-7,11H,1-2H3. The van der Waals surface area contributed by atoms with Gasteiger partial charge in [0.15, 0.2) is 0 Å². The lowest BCUT2D eigenvalue weighted by Crippen LogP contribution is -2.25. The summed E-state index contributed by atoms with van der Waals surface area (Å²) in [5.74, 6) is 0. The molecule has 0 saturated carbocycles. The predicted octanol–water partition coefficient (Wildman–Crippen LogP) is 0.439. The Morgan fingerprint density at radius 1 is 1.42 bits per heavy atom. The van der Waals surface area contributed by atoms with E-state index in [1.165, 1.54) is 5.22 Å². The quantitative estimate of drug-likeness (QED) is 0.570. The molecule has 0 radical (unpaired) electrons. The van der Waals surface area contributed by atoms with Crippen LogP contribution in [0.3, 0.4) is 0 Å². The molecule has 1 aromatic rings. The van der Waals surface area contributed by atoms with E-state index in [4.69, 9.17) is 0 Å². The fourth-order valence-electron chi connectivity index (χ4n) is 1.39. The molecule has 2 heteroatoms. The zero-order chi connectivity index (χ0) is 8.60. The van der Waals surface area contributed by atoms with Crippen LogP contribution in [-0.2, 0) is 0 Å². The second-order valence-electron chi connectivity index (χ2n) is 3.59. The average molecular weight is 160 g/mol. The van der Waals surface area contributed by atoms with Crippen molar-refractivity contribution in [3.05, 3.63) is 22.8 Å². The Balaban J connectivity index is 2.75. The first-order chi connectivity index (χ1) is 5.67. The lowest BCUT2D eigenvalue weighted by atomic mass is 10.1. The van der Waals surface area contributed by atoms with E-state index in [2.05, 4.69) is 36.0 Å². The summed E-state index contributed by atoms with van der Waals surface area (Å²) < 4.78 is 0. The molecule has 1 aliphatic heterocycles. The van der Waals surface area contributed by atoms with Crippen LogP contribution in [0.1, 0.15) is 13.8 Å². The minimum atomic E-state index is -0.0794. The summed E-state index contributed by atoms with van der Waals surface area (Å²) in [4.78, 5) is 7.54. The van der Waals surface area contributed by atoms with Crippen molar-refractivity contribution in [3.8, 4) is 0 Å². The van der Waals surface area contributed by atoms with Crippen molar-refractivity contribution in [1.29, 1.82) is 0 Å². The molecule has 0 aliphatic carbocycles. The third-order valence-electron chi connectivity index (χ3n) is 1.97. The van der Waals surface area contributed by atoms with Crippen LogP contribution >= 0.6 is 0 Å². The molecule has 0 amide bonds. The molecular weight excluding hydrogens is 148 g/mol. The molecule has 0 atom stereocenters. The summed E-state index contributed by atoms with van der Waals surface area (Å²) in [6.45, 7) is 4.19. The monoisotopic (exact) mass is 160 g/mol. The molecule has 0 unspecified atom stereocenters. The SMILES string of the molecule is CC1(C)C=c2cc[nH]c2=CC=N1. The van der Waals surface area contributed by atoms with E-state index < -0.39 is 0 Å². The summed E-state index contributed by atoms with van der Waals surface area (Å²) in [6.07, 6.45) is 7.98. The third kappa shape index (κ3) is 1.20. The molecule has 1 aliphatic rings. The molecule has 12 heavy (non-hydrogen) atoms. The first-order valence-electron chi connectivity index (χ1n) is 4.09. The van der Waals surface area contributed by atoms with Crippen molar-refractivity contribution in [2.45, 2.75) is 19.4 Å². The highest BCUT2D eigenvalue weighted by Crippen LogP contribution is 2.09. The van der Waals surface area contributed by atoms with E-state index in [-0.39, 0.29) is 5.54 Å². The van der Waals surface area contributed by atoms with Crippen LogP contribution < -0.4 is 10.6 Å². The summed E-state index contributed by atoms with van der Waals surface area (Å²) in [6, 6.07) is 2.07. The number of hydrogen-bond donors (Lipinski definition) is 1. The molecule has 1 aromatic heterocycles. The van der Waals surface area contributed by atoms with Crippen molar-refractivity contribution in [1.82, 2.24) is 4.98 Å². The van der Waals surface area contributed by atoms with Gasteiger partial charge >= 0.3 is 0 Å². The van der Waals surface area contributed by atoms with Crippen LogP contribution in [0.15, 0.2) is 17.3 Å². The van der Waals surface area contributed by atoms with Crippen molar-refractivity contribution >= 4 is 18.4 Å². The Kier molecular flexibility index (Phi) is 1.43. The van der Waals surface area contributed by atoms with Gasteiger partial charge in [-0.25, -0.2) is 0 Å². The highest BCUT2D eigenvalue weighted by atomic mass is 14.8. The first kappa shape index (κ1) is 7.35. The van der Waals surface area contributed by atoms with Gasteiger partial charge in [0.25, 0.3) is 0 Å². The molecule has 0 spiro atoms. The number of nitrogens with zero attached hydrogens (tertiary/aromatic N) is 1. The predicted molar refractivity (Wildman–Crippen MR) is 51.5 cm³/mol. The molecule has 2 nitrogen and oxygen atoms in total. The highest BCUT2D eigenvalue weighted by Gasteiger charge is 2.11. The van der Waals surface area contributed by atoms with Gasteiger partial charge in [0.1, 0.15) is 0 Å². The number of H-pyrrole nitrogens is 1. The lowest BCUT2D eigenvalue weighted by Gasteiger charge is -2.11. The van der Waals surface area contributed by atoms with Gasteiger partial charge < -0.3 is 4.98 Å². The molecule has 62 valence electrons. The molecule has 0 fully saturated rings. The molecular formula is C10H12N2. The Morgan fingerprint density at radius 2 is 2.25 bits per heavy atom. The van der Waals surface area contributed by atoms with Crippen LogP contribution in [0.2, 0.25) is 0 Å². The topological polar surface area (TPSA) is 28.1 Å². The van der Waals surface area contributed by atoms with Crippen molar-refractivity contribution in [2.24, 2.45) is 4.99 Å². The summed E-state index contributed by atoms with van der Waals surface area (Å²) >= 11 is 0. The Hall–Kier alpha value is -1.31. The number of hydrogen-bond acceptors (Lipinski definition) is 1. The minimum absolute atomic E-state index is 0.0794. The van der Waals surface area contributed by atoms with Gasteiger partial charge in [0.05, 0.1) is 5.54 Å². The maximum Gasteiger partial charge on any atom is 0.0741 e. The number of rotatable bonds is 0. The van der Waals surface area contributed by atoms with E-state index >= 15 is 0 Å². The van der Waals surface area contributed by atoms with Crippen LogP contribution in [0.25, 0.3) is 12.2 Å². The minimum Gasteiger partial charge on any atom is -0.361 e. The van der Waals surface area contributed by atoms with Crippen LogP contribution in [0.4, 0.5) is 0 Å². The smallest absolute Gasteiger partial charge is 0.0741 e. The maximum atomic E-state index is 4.39. The van der Waals surface area contributed by atoms with Gasteiger partial charge in [-0.05, 0) is 37.3 Å². The molecule has 0 saturated heterocycles. The fraction of sp³-hybridized carbons (Fsp3) is 0.300. The largest absolute Gasteiger partial charge is 0.361 e. The Labute approximate surface area is 71.3 Å². The van der Waals surface area contributed by atoms with Gasteiger partial charge in [0, 0.05) is 17.8 Å². The van der Waals surface area contributed by atoms with E-state index in [1.54, 1.807) is 0 Å². The normalized spacial score (nSPS) is 18.8.